The molecule has 2 nitrogen and oxygen atoms in total. The van der Waals surface area contributed by atoms with Crippen molar-refractivity contribution in [3.8, 4) is 11.1 Å². The fourth-order valence-electron chi connectivity index (χ4n) is 7.88. The molecule has 6 aromatic carbocycles. The lowest BCUT2D eigenvalue weighted by Gasteiger charge is -2.37. The van der Waals surface area contributed by atoms with Gasteiger partial charge in [-0.2, -0.15) is 0 Å². The molecule has 0 bridgehead atoms. The molecule has 0 aromatic heterocycles. The summed E-state index contributed by atoms with van der Waals surface area (Å²) in [5, 5.41) is 0. The first-order valence-electron chi connectivity index (χ1n) is 16.5. The van der Waals surface area contributed by atoms with Crippen LogP contribution in [0.25, 0.3) is 11.1 Å². The van der Waals surface area contributed by atoms with E-state index < -0.39 is 69.0 Å². The van der Waals surface area contributed by atoms with Gasteiger partial charge in [0, 0.05) is 12.8 Å². The second-order valence-corrected chi connectivity index (χ2v) is 13.3. The Morgan fingerprint density at radius 1 is 0.327 bits per heavy atom. The van der Waals surface area contributed by atoms with Gasteiger partial charge >= 0.3 is 0 Å². The largest absolute Gasteiger partial charge is 0.304 e. The van der Waals surface area contributed by atoms with E-state index in [1.165, 1.54) is 0 Å². The van der Waals surface area contributed by atoms with E-state index in [2.05, 4.69) is 0 Å². The third kappa shape index (κ3) is 4.62. The zero-order valence-corrected chi connectivity index (χ0v) is 28.3. The van der Waals surface area contributed by atoms with Crippen LogP contribution in [0.1, 0.15) is 44.5 Å². The van der Waals surface area contributed by atoms with E-state index in [1.807, 2.05) is 0 Å². The molecule has 2 heterocycles. The monoisotopic (exact) mass is 712 g/mol. The molecule has 0 radical (unpaired) electrons. The Hall–Kier alpha value is -5.64. The van der Waals surface area contributed by atoms with Gasteiger partial charge in [0.1, 0.15) is 11.4 Å². The van der Waals surface area contributed by atoms with Crippen LogP contribution in [0.4, 0.5) is 69.2 Å². The second-order valence-electron chi connectivity index (χ2n) is 13.3. The molecule has 8 rings (SSSR count). The Labute approximate surface area is 294 Å². The number of para-hydroxylation sites is 4. The van der Waals surface area contributed by atoms with Gasteiger partial charge in [-0.25, -0.2) is 35.1 Å². The van der Waals surface area contributed by atoms with Gasteiger partial charge in [-0.1, -0.05) is 72.8 Å². The van der Waals surface area contributed by atoms with Crippen LogP contribution in [-0.4, -0.2) is 0 Å². The highest BCUT2D eigenvalue weighted by molar-refractivity contribution is 5.90. The zero-order chi connectivity index (χ0) is 36.9. The normalized spacial score (nSPS) is 13.2. The summed E-state index contributed by atoms with van der Waals surface area (Å²) in [7, 11) is 0. The lowest BCUT2D eigenvalue weighted by atomic mass is 9.90. The Morgan fingerprint density at radius 2 is 0.558 bits per heavy atom. The number of hydrogen-bond acceptors (Lipinski definition) is 2. The van der Waals surface area contributed by atoms with Crippen LogP contribution < -0.4 is 9.80 Å². The van der Waals surface area contributed by atoms with Gasteiger partial charge in [-0.15, -0.1) is 0 Å². The molecule has 0 fully saturated rings. The van der Waals surface area contributed by atoms with Gasteiger partial charge < -0.3 is 9.80 Å². The molecule has 0 unspecified atom stereocenters. The average Bonchev–Trinajstić information content (AvgIpc) is 3.11. The smallest absolute Gasteiger partial charge is 0.186 e. The van der Waals surface area contributed by atoms with Crippen molar-refractivity contribution in [1.29, 1.82) is 0 Å². The van der Waals surface area contributed by atoms with Crippen molar-refractivity contribution in [2.24, 2.45) is 0 Å². The first kappa shape index (κ1) is 33.5. The molecular weight excluding hydrogens is 684 g/mol. The minimum atomic E-state index is -2.23. The SMILES string of the molecule is Cc1cccc2c1N(c1c(F)c(F)c(-c3c(F)c(F)c(N4c5c(C)cccc5Cc5cccc(C)c54)c(F)c3F)c(F)c1F)c1c(C)cccc1C2. The molecule has 6 aromatic rings. The summed E-state index contributed by atoms with van der Waals surface area (Å²) in [6.07, 6.45) is 0.701. The first-order chi connectivity index (χ1) is 24.8. The number of halogens is 8. The summed E-state index contributed by atoms with van der Waals surface area (Å²) < 4.78 is 131. The zero-order valence-electron chi connectivity index (χ0n) is 28.3. The molecule has 0 spiro atoms. The molecule has 0 N–H and O–H groups in total. The lowest BCUT2D eigenvalue weighted by molar-refractivity contribution is 0.444. The maximum absolute atomic E-state index is 16.4. The molecule has 0 saturated carbocycles. The van der Waals surface area contributed by atoms with Crippen LogP contribution in [0.2, 0.25) is 0 Å². The van der Waals surface area contributed by atoms with Crippen molar-refractivity contribution in [2.75, 3.05) is 9.80 Å². The molecule has 0 saturated heterocycles. The van der Waals surface area contributed by atoms with Gasteiger partial charge in [-0.3, -0.25) is 0 Å². The van der Waals surface area contributed by atoms with Gasteiger partial charge in [0.2, 0.25) is 0 Å². The lowest BCUT2D eigenvalue weighted by Crippen LogP contribution is -2.25. The number of rotatable bonds is 3. The van der Waals surface area contributed by atoms with E-state index in [1.54, 1.807) is 100 Å². The number of aryl methyl sites for hydroxylation is 4. The quantitative estimate of drug-likeness (QED) is 0.133. The Bertz CT molecular complexity index is 2190. The van der Waals surface area contributed by atoms with Crippen LogP contribution in [0.3, 0.4) is 0 Å². The number of benzene rings is 6. The van der Waals surface area contributed by atoms with Crippen molar-refractivity contribution in [3.05, 3.63) is 164 Å². The molecule has 2 aliphatic rings. The molecule has 2 aliphatic heterocycles. The average molecular weight is 713 g/mol. The summed E-state index contributed by atoms with van der Waals surface area (Å²) in [6.45, 7) is 6.63. The molecule has 10 heteroatoms. The summed E-state index contributed by atoms with van der Waals surface area (Å²) >= 11 is 0. The first-order valence-corrected chi connectivity index (χ1v) is 16.5. The van der Waals surface area contributed by atoms with Crippen molar-refractivity contribution in [3.63, 3.8) is 0 Å². The van der Waals surface area contributed by atoms with Crippen LogP contribution in [0, 0.1) is 74.2 Å². The van der Waals surface area contributed by atoms with Crippen LogP contribution in [-0.2, 0) is 12.8 Å². The van der Waals surface area contributed by atoms with Crippen molar-refractivity contribution in [2.45, 2.75) is 40.5 Å². The highest BCUT2D eigenvalue weighted by Crippen LogP contribution is 2.53. The summed E-state index contributed by atoms with van der Waals surface area (Å²) in [5.41, 5.74) is -0.641. The minimum Gasteiger partial charge on any atom is -0.304 e. The van der Waals surface area contributed by atoms with Gasteiger partial charge in [0.15, 0.2) is 46.5 Å². The summed E-state index contributed by atoms with van der Waals surface area (Å²) in [5.74, 6) is -16.9. The topological polar surface area (TPSA) is 6.48 Å². The molecular formula is C42H28F8N2. The molecule has 0 amide bonds. The van der Waals surface area contributed by atoms with E-state index in [-0.39, 0.29) is 22.7 Å². The number of fused-ring (bicyclic) bond motifs is 4. The fraction of sp³-hybridized carbons (Fsp3) is 0.143. The van der Waals surface area contributed by atoms with E-state index >= 15 is 35.1 Å². The van der Waals surface area contributed by atoms with E-state index in [0.29, 0.717) is 57.3 Å². The Morgan fingerprint density at radius 3 is 0.788 bits per heavy atom. The van der Waals surface area contributed by atoms with Crippen molar-refractivity contribution < 1.29 is 35.1 Å². The van der Waals surface area contributed by atoms with Crippen LogP contribution >= 0.6 is 0 Å². The molecule has 52 heavy (non-hydrogen) atoms. The highest BCUT2D eigenvalue weighted by Gasteiger charge is 2.40. The van der Waals surface area contributed by atoms with E-state index in [9.17, 15) is 0 Å². The summed E-state index contributed by atoms with van der Waals surface area (Å²) in [6, 6.07) is 20.4. The second kappa shape index (κ2) is 12.0. The Kier molecular flexibility index (Phi) is 7.71. The Balaban J connectivity index is 1.38. The maximum atomic E-state index is 16.4. The van der Waals surface area contributed by atoms with Gasteiger partial charge in [-0.05, 0) is 72.2 Å². The molecule has 0 atom stereocenters. The summed E-state index contributed by atoms with van der Waals surface area (Å²) in [4.78, 5) is 2.10. The van der Waals surface area contributed by atoms with E-state index in [0.717, 1.165) is 9.80 Å². The number of anilines is 6. The standard InChI is InChI=1S/C42H28F8N2/c1-19-9-5-13-23-17-24-14-6-10-20(2)38(24)51(37(19)23)41-33(47)29(43)27(30(44)34(41)48)28-31(45)35(49)42(36(50)32(28)46)52-39-21(3)11-7-15-25(39)18-26-16-8-12-22(4)40(26)52/h5-16H,17-18H2,1-4H3. The predicted molar refractivity (Wildman–Crippen MR) is 185 cm³/mol. The van der Waals surface area contributed by atoms with Crippen LogP contribution in [0.5, 0.6) is 0 Å². The fourth-order valence-corrected chi connectivity index (χ4v) is 7.88. The third-order valence-electron chi connectivity index (χ3n) is 10.1. The van der Waals surface area contributed by atoms with Crippen molar-refractivity contribution >= 4 is 34.1 Å². The number of nitrogens with zero attached hydrogens (tertiary/aromatic N) is 2. The van der Waals surface area contributed by atoms with Gasteiger partial charge in [0.05, 0.1) is 33.9 Å². The minimum absolute atomic E-state index is 0.264. The van der Waals surface area contributed by atoms with Crippen molar-refractivity contribution in [1.82, 2.24) is 0 Å². The van der Waals surface area contributed by atoms with Crippen LogP contribution in [0.15, 0.2) is 72.8 Å². The molecule has 0 aliphatic carbocycles. The number of hydrogen-bond donors (Lipinski definition) is 0. The molecule has 262 valence electrons. The van der Waals surface area contributed by atoms with Gasteiger partial charge in [0.25, 0.3) is 0 Å². The van der Waals surface area contributed by atoms with E-state index in [4.69, 9.17) is 0 Å². The highest BCUT2D eigenvalue weighted by atomic mass is 19.2. The maximum Gasteiger partial charge on any atom is 0.186 e. The predicted octanol–water partition coefficient (Wildman–Crippen LogP) is 12.4. The third-order valence-corrected chi connectivity index (χ3v) is 10.1.